The maximum absolute atomic E-state index is 5.61. The number of hydrogen-bond acceptors (Lipinski definition) is 4. The summed E-state index contributed by atoms with van der Waals surface area (Å²) in [5.41, 5.74) is 1.38. The molecule has 0 amide bonds. The van der Waals surface area contributed by atoms with E-state index >= 15 is 0 Å². The highest BCUT2D eigenvalue weighted by atomic mass is 16.5. The molecule has 3 rings (SSSR count). The lowest BCUT2D eigenvalue weighted by Crippen LogP contribution is -2.41. The van der Waals surface area contributed by atoms with Gasteiger partial charge in [0.2, 0.25) is 0 Å². The molecule has 0 aromatic carbocycles. The van der Waals surface area contributed by atoms with Crippen molar-refractivity contribution >= 4 is 0 Å². The Balaban J connectivity index is 1.94. The Hall–Kier alpha value is -1.07. The number of aromatic nitrogens is 2. The van der Waals surface area contributed by atoms with Crippen LogP contribution in [-0.2, 0) is 12.1 Å². The average Bonchev–Trinajstić information content (AvgIpc) is 3.04. The van der Waals surface area contributed by atoms with E-state index in [2.05, 4.69) is 34.1 Å². The summed E-state index contributed by atoms with van der Waals surface area (Å²) in [5.74, 6) is 1.71. The zero-order valence-electron chi connectivity index (χ0n) is 12.9. The molecule has 2 fully saturated rings. The smallest absolute Gasteiger partial charge is 0.161 e. The summed E-state index contributed by atoms with van der Waals surface area (Å²) >= 11 is 0. The van der Waals surface area contributed by atoms with Crippen LogP contribution in [0.25, 0.3) is 0 Å². The second-order valence-electron chi connectivity index (χ2n) is 6.36. The predicted molar refractivity (Wildman–Crippen MR) is 79.0 cm³/mol. The van der Waals surface area contributed by atoms with Gasteiger partial charge in [-0.2, -0.15) is 5.10 Å². The Morgan fingerprint density at radius 2 is 2.30 bits per heavy atom. The highest BCUT2D eigenvalue weighted by Crippen LogP contribution is 2.52. The lowest BCUT2D eigenvalue weighted by Gasteiger charge is -2.31. The van der Waals surface area contributed by atoms with Gasteiger partial charge in [-0.15, -0.1) is 0 Å². The van der Waals surface area contributed by atoms with E-state index in [4.69, 9.17) is 4.74 Å². The maximum atomic E-state index is 5.61. The molecule has 0 spiro atoms. The van der Waals surface area contributed by atoms with Crippen LogP contribution in [0.5, 0.6) is 5.75 Å². The third kappa shape index (κ3) is 2.33. The molecule has 1 N–H and O–H groups in total. The van der Waals surface area contributed by atoms with Gasteiger partial charge in [0.1, 0.15) is 5.69 Å². The number of nitrogens with one attached hydrogen (secondary N) is 1. The van der Waals surface area contributed by atoms with Crippen molar-refractivity contribution in [3.8, 4) is 5.75 Å². The Kier molecular flexibility index (Phi) is 3.73. The maximum Gasteiger partial charge on any atom is 0.161 e. The van der Waals surface area contributed by atoms with Crippen molar-refractivity contribution in [2.75, 3.05) is 34.3 Å². The van der Waals surface area contributed by atoms with Crippen molar-refractivity contribution in [3.05, 3.63) is 11.9 Å². The van der Waals surface area contributed by atoms with Gasteiger partial charge in [0.15, 0.2) is 5.75 Å². The molecule has 1 saturated heterocycles. The first-order valence-corrected chi connectivity index (χ1v) is 7.67. The van der Waals surface area contributed by atoms with Gasteiger partial charge >= 0.3 is 0 Å². The van der Waals surface area contributed by atoms with Crippen molar-refractivity contribution < 1.29 is 4.74 Å². The minimum absolute atomic E-state index is 0.105. The van der Waals surface area contributed by atoms with Gasteiger partial charge < -0.3 is 15.0 Å². The Bertz CT molecular complexity index is 458. The summed E-state index contributed by atoms with van der Waals surface area (Å²) in [4.78, 5) is 2.20. The third-order valence-corrected chi connectivity index (χ3v) is 4.67. The molecule has 20 heavy (non-hydrogen) atoms. The van der Waals surface area contributed by atoms with Crippen LogP contribution in [0.4, 0.5) is 0 Å². The summed E-state index contributed by atoms with van der Waals surface area (Å²) in [7, 11) is 5.96. The fourth-order valence-corrected chi connectivity index (χ4v) is 3.52. The van der Waals surface area contributed by atoms with Gasteiger partial charge in [-0.05, 0) is 52.2 Å². The molecule has 112 valence electrons. The van der Waals surface area contributed by atoms with E-state index in [1.54, 1.807) is 7.11 Å². The number of rotatable bonds is 6. The second kappa shape index (κ2) is 5.37. The molecule has 1 saturated carbocycles. The molecule has 0 bridgehead atoms. The second-order valence-corrected chi connectivity index (χ2v) is 6.36. The summed E-state index contributed by atoms with van der Waals surface area (Å²) in [5, 5.41) is 8.37. The van der Waals surface area contributed by atoms with Crippen molar-refractivity contribution in [2.24, 2.45) is 5.92 Å². The number of methoxy groups -OCH3 is 1. The molecule has 5 heteroatoms. The Morgan fingerprint density at radius 3 is 2.85 bits per heavy atom. The Morgan fingerprint density at radius 1 is 1.50 bits per heavy atom. The van der Waals surface area contributed by atoms with Crippen molar-refractivity contribution in [2.45, 2.75) is 37.8 Å². The van der Waals surface area contributed by atoms with Gasteiger partial charge in [-0.3, -0.25) is 4.68 Å². The van der Waals surface area contributed by atoms with Crippen molar-refractivity contribution in [1.29, 1.82) is 0 Å². The lowest BCUT2D eigenvalue weighted by molar-refractivity contribution is 0.280. The summed E-state index contributed by atoms with van der Waals surface area (Å²) in [6, 6.07) is 0. The first-order valence-electron chi connectivity index (χ1n) is 7.67. The highest BCUT2D eigenvalue weighted by molar-refractivity contribution is 5.35. The van der Waals surface area contributed by atoms with E-state index in [0.29, 0.717) is 0 Å². The van der Waals surface area contributed by atoms with Gasteiger partial charge in [-0.25, -0.2) is 0 Å². The van der Waals surface area contributed by atoms with E-state index in [9.17, 15) is 0 Å². The Labute approximate surface area is 121 Å². The number of likely N-dealkylation sites (N-methyl/N-ethyl adjacent to an activating group) is 1. The molecule has 1 aliphatic carbocycles. The normalized spacial score (nSPS) is 26.4. The number of hydrogen-bond donors (Lipinski definition) is 1. The van der Waals surface area contributed by atoms with Gasteiger partial charge in [0, 0.05) is 6.54 Å². The van der Waals surface area contributed by atoms with Gasteiger partial charge in [0.05, 0.1) is 25.4 Å². The minimum Gasteiger partial charge on any atom is -0.493 e. The first kappa shape index (κ1) is 13.9. The van der Waals surface area contributed by atoms with Crippen LogP contribution in [0, 0.1) is 5.92 Å². The minimum atomic E-state index is 0.105. The average molecular weight is 278 g/mol. The van der Waals surface area contributed by atoms with Crippen LogP contribution < -0.4 is 10.1 Å². The van der Waals surface area contributed by atoms with E-state index < -0.39 is 0 Å². The third-order valence-electron chi connectivity index (χ3n) is 4.67. The van der Waals surface area contributed by atoms with Crippen LogP contribution in [0.2, 0.25) is 0 Å². The quantitative estimate of drug-likeness (QED) is 0.855. The zero-order chi connectivity index (χ0) is 14.2. The molecular formula is C15H26N4O. The van der Waals surface area contributed by atoms with Crippen LogP contribution in [-0.4, -0.2) is 49.0 Å². The molecule has 1 aromatic rings. The molecule has 1 aliphatic heterocycles. The molecule has 5 nitrogen and oxygen atoms in total. The largest absolute Gasteiger partial charge is 0.493 e. The van der Waals surface area contributed by atoms with Crippen molar-refractivity contribution in [3.63, 3.8) is 0 Å². The van der Waals surface area contributed by atoms with Crippen LogP contribution in [0.3, 0.4) is 0 Å². The zero-order valence-corrected chi connectivity index (χ0v) is 12.9. The molecule has 2 aliphatic rings. The molecule has 2 heterocycles. The molecule has 0 radical (unpaired) electrons. The number of nitrogens with zero attached hydrogens (tertiary/aromatic N) is 3. The van der Waals surface area contributed by atoms with E-state index in [1.807, 2.05) is 6.20 Å². The fourth-order valence-electron chi connectivity index (χ4n) is 3.52. The molecular weight excluding hydrogens is 252 g/mol. The van der Waals surface area contributed by atoms with Gasteiger partial charge in [0.25, 0.3) is 0 Å². The molecule has 1 atom stereocenters. The predicted octanol–water partition coefficient (Wildman–Crippen LogP) is 1.44. The summed E-state index contributed by atoms with van der Waals surface area (Å²) < 4.78 is 7.77. The SMILES string of the molecule is COc1cnn(CCN(C)C)c1C1(C2CC2)CCCN1. The monoisotopic (exact) mass is 278 g/mol. The molecule has 1 unspecified atom stereocenters. The highest BCUT2D eigenvalue weighted by Gasteiger charge is 2.51. The summed E-state index contributed by atoms with van der Waals surface area (Å²) in [6.45, 7) is 3.03. The lowest BCUT2D eigenvalue weighted by atomic mass is 9.87. The van der Waals surface area contributed by atoms with Crippen LogP contribution >= 0.6 is 0 Å². The van der Waals surface area contributed by atoms with Crippen molar-refractivity contribution in [1.82, 2.24) is 20.0 Å². The van der Waals surface area contributed by atoms with E-state index in [0.717, 1.165) is 31.3 Å². The standard InChI is InChI=1S/C15H26N4O/c1-18(2)9-10-19-14(13(20-3)11-17-19)15(12-5-6-12)7-4-8-16-15/h11-12,16H,4-10H2,1-3H3. The van der Waals surface area contributed by atoms with Gasteiger partial charge in [-0.1, -0.05) is 0 Å². The summed E-state index contributed by atoms with van der Waals surface area (Å²) in [6.07, 6.45) is 7.00. The molecule has 1 aromatic heterocycles. The van der Waals surface area contributed by atoms with Crippen LogP contribution in [0.15, 0.2) is 6.20 Å². The van der Waals surface area contributed by atoms with E-state index in [1.165, 1.54) is 31.4 Å². The number of ether oxygens (including phenoxy) is 1. The fraction of sp³-hybridized carbons (Fsp3) is 0.800. The van der Waals surface area contributed by atoms with E-state index in [-0.39, 0.29) is 5.54 Å². The van der Waals surface area contributed by atoms with Crippen LogP contribution in [0.1, 0.15) is 31.4 Å². The topological polar surface area (TPSA) is 42.3 Å². The first-order chi connectivity index (χ1) is 9.67.